The van der Waals surface area contributed by atoms with E-state index in [1.165, 1.54) is 23.6 Å². The molecule has 0 atom stereocenters. The van der Waals surface area contributed by atoms with Crippen LogP contribution in [0.4, 0.5) is 4.79 Å². The van der Waals surface area contributed by atoms with Crippen molar-refractivity contribution in [2.45, 2.75) is 71.4 Å². The molecule has 8 heteroatoms. The third-order valence-corrected chi connectivity index (χ3v) is 8.88. The van der Waals surface area contributed by atoms with E-state index in [4.69, 9.17) is 4.74 Å². The van der Waals surface area contributed by atoms with Gasteiger partial charge in [0.25, 0.3) is 0 Å². The predicted molar refractivity (Wildman–Crippen MR) is 175 cm³/mol. The van der Waals surface area contributed by atoms with E-state index in [0.29, 0.717) is 37.9 Å². The van der Waals surface area contributed by atoms with Gasteiger partial charge in [0, 0.05) is 70.5 Å². The zero-order valence-electron chi connectivity index (χ0n) is 26.4. The summed E-state index contributed by atoms with van der Waals surface area (Å²) < 4.78 is 9.20. The minimum Gasteiger partial charge on any atom is -0.385 e. The maximum Gasteiger partial charge on any atom is 0.328 e. The van der Waals surface area contributed by atoms with Crippen molar-refractivity contribution in [3.63, 3.8) is 0 Å². The van der Waals surface area contributed by atoms with Crippen LogP contribution in [0.25, 0.3) is 21.9 Å². The van der Waals surface area contributed by atoms with E-state index in [2.05, 4.69) is 51.7 Å². The molecule has 3 heterocycles. The lowest BCUT2D eigenvalue weighted by Crippen LogP contribution is -2.39. The lowest BCUT2D eigenvalue weighted by molar-refractivity contribution is -0.132. The summed E-state index contributed by atoms with van der Waals surface area (Å²) in [6, 6.07) is 16.6. The van der Waals surface area contributed by atoms with E-state index in [1.807, 2.05) is 48.0 Å². The number of hydrogen-bond acceptors (Lipinski definition) is 4. The molecule has 2 aromatic carbocycles. The zero-order chi connectivity index (χ0) is 30.7. The number of likely N-dealkylation sites (tertiary alicyclic amines) is 1. The molecule has 5 rings (SSSR count). The van der Waals surface area contributed by atoms with Crippen molar-refractivity contribution in [1.29, 1.82) is 0 Å². The summed E-state index contributed by atoms with van der Waals surface area (Å²) in [6.45, 7) is 6.35. The molecule has 0 bridgehead atoms. The van der Waals surface area contributed by atoms with Crippen LogP contribution >= 0.6 is 0 Å². The van der Waals surface area contributed by atoms with Gasteiger partial charge in [-0.05, 0) is 54.0 Å². The Morgan fingerprint density at radius 3 is 2.64 bits per heavy atom. The first-order valence-electron chi connectivity index (χ1n) is 16.3. The molecule has 1 aliphatic rings. The molecule has 0 spiro atoms. The van der Waals surface area contributed by atoms with Crippen LogP contribution in [-0.2, 0) is 22.6 Å². The molecule has 1 fully saturated rings. The highest BCUT2D eigenvalue weighted by atomic mass is 16.5. The lowest BCUT2D eigenvalue weighted by atomic mass is 9.96. The van der Waals surface area contributed by atoms with Crippen LogP contribution in [0.15, 0.2) is 73.4 Å². The fourth-order valence-electron chi connectivity index (χ4n) is 6.30. The number of fused-ring (bicyclic) bond motifs is 1. The number of carbonyl (C=O) groups excluding carboxylic acids is 2. The van der Waals surface area contributed by atoms with Crippen LogP contribution in [0.5, 0.6) is 0 Å². The molecule has 4 aromatic rings. The van der Waals surface area contributed by atoms with Gasteiger partial charge in [-0.25, -0.2) is 9.78 Å². The minimum atomic E-state index is -0.0638. The smallest absolute Gasteiger partial charge is 0.328 e. The van der Waals surface area contributed by atoms with Crippen molar-refractivity contribution < 1.29 is 14.3 Å². The normalized spacial score (nSPS) is 13.9. The van der Waals surface area contributed by atoms with E-state index in [1.54, 1.807) is 11.7 Å². The Bertz CT molecular complexity index is 1490. The van der Waals surface area contributed by atoms with E-state index in [9.17, 15) is 9.59 Å². The van der Waals surface area contributed by atoms with Crippen molar-refractivity contribution in [1.82, 2.24) is 23.9 Å². The van der Waals surface area contributed by atoms with Gasteiger partial charge in [0.1, 0.15) is 0 Å². The van der Waals surface area contributed by atoms with Crippen LogP contribution in [-0.4, -0.2) is 69.2 Å². The first kappa shape index (κ1) is 31.5. The Morgan fingerprint density at radius 1 is 1.00 bits per heavy atom. The molecule has 0 saturated carbocycles. The largest absolute Gasteiger partial charge is 0.385 e. The van der Waals surface area contributed by atoms with Crippen LogP contribution < -0.4 is 0 Å². The molecule has 1 aliphatic heterocycles. The Hall–Kier alpha value is -3.91. The van der Waals surface area contributed by atoms with Gasteiger partial charge in [-0.15, -0.1) is 0 Å². The quantitative estimate of drug-likeness (QED) is 0.144. The van der Waals surface area contributed by atoms with Crippen LogP contribution in [0.1, 0.15) is 64.0 Å². The average molecular weight is 598 g/mol. The maximum atomic E-state index is 13.9. The molecule has 1 saturated heterocycles. The summed E-state index contributed by atoms with van der Waals surface area (Å²) in [5.41, 5.74) is 3.15. The topological polar surface area (TPSA) is 72.6 Å². The molecule has 0 N–H and O–H groups in total. The first-order chi connectivity index (χ1) is 21.6. The van der Waals surface area contributed by atoms with Crippen LogP contribution in [0.2, 0.25) is 0 Å². The van der Waals surface area contributed by atoms with Crippen molar-refractivity contribution in [3.05, 3.63) is 79.1 Å². The van der Waals surface area contributed by atoms with Crippen molar-refractivity contribution in [2.24, 2.45) is 5.92 Å². The van der Waals surface area contributed by atoms with E-state index in [0.717, 1.165) is 68.6 Å². The molecule has 0 aliphatic carbocycles. The summed E-state index contributed by atoms with van der Waals surface area (Å²) in [6.07, 6.45) is 15.5. The highest BCUT2D eigenvalue weighted by Gasteiger charge is 2.24. The number of hydrogen-bond donors (Lipinski definition) is 0. The van der Waals surface area contributed by atoms with Crippen molar-refractivity contribution in [3.8, 4) is 11.1 Å². The van der Waals surface area contributed by atoms with Crippen LogP contribution in [0.3, 0.4) is 0 Å². The monoisotopic (exact) mass is 597 g/mol. The Kier molecular flexibility index (Phi) is 11.2. The maximum absolute atomic E-state index is 13.9. The molecule has 0 unspecified atom stereocenters. The minimum absolute atomic E-state index is 0.0638. The molecule has 2 amide bonds. The molecular formula is C36H47N5O3. The molecule has 44 heavy (non-hydrogen) atoms. The average Bonchev–Trinajstić information content (AvgIpc) is 3.72. The number of carbonyl (C=O) groups is 2. The summed E-state index contributed by atoms with van der Waals surface area (Å²) in [7, 11) is 1.69. The number of imidazole rings is 1. The highest BCUT2D eigenvalue weighted by molar-refractivity contribution is 5.97. The fourth-order valence-corrected chi connectivity index (χ4v) is 6.30. The predicted octanol–water partition coefficient (Wildman–Crippen LogP) is 7.22. The second-order valence-electron chi connectivity index (χ2n) is 12.1. The summed E-state index contributed by atoms with van der Waals surface area (Å²) in [5, 5.41) is 2.35. The van der Waals surface area contributed by atoms with Gasteiger partial charge < -0.3 is 19.1 Å². The summed E-state index contributed by atoms with van der Waals surface area (Å²) in [5.74, 6) is 0.791. The number of rotatable bonds is 14. The van der Waals surface area contributed by atoms with Gasteiger partial charge in [0.15, 0.2) is 0 Å². The number of aromatic nitrogens is 3. The van der Waals surface area contributed by atoms with E-state index < -0.39 is 0 Å². The van der Waals surface area contributed by atoms with Gasteiger partial charge in [-0.2, -0.15) is 0 Å². The zero-order valence-corrected chi connectivity index (χ0v) is 26.4. The Morgan fingerprint density at radius 2 is 1.82 bits per heavy atom. The second kappa shape index (κ2) is 15.7. The second-order valence-corrected chi connectivity index (χ2v) is 12.1. The van der Waals surface area contributed by atoms with Crippen molar-refractivity contribution in [2.75, 3.05) is 33.4 Å². The molecule has 0 radical (unpaired) electrons. The Balaban J connectivity index is 1.23. The highest BCUT2D eigenvalue weighted by Crippen LogP contribution is 2.29. The molecule has 234 valence electrons. The standard InChI is InChI=1S/C36H47N5O3/c1-3-4-5-6-15-35(42)38-20-16-29(17-21-38)25-41-28-37-24-32(41)27-39(19-10-23-44-2)36(43)40-22-18-31(26-40)34-14-9-12-30-11-7-8-13-33(30)34/h7-9,11-14,18,22,24,26,28-29H,3-6,10,15-17,19-21,23,25,27H2,1-2H3. The van der Waals surface area contributed by atoms with Gasteiger partial charge in [0.2, 0.25) is 5.91 Å². The Labute approximate surface area is 261 Å². The number of amides is 2. The molecule has 2 aromatic heterocycles. The molecule has 8 nitrogen and oxygen atoms in total. The third kappa shape index (κ3) is 7.97. The summed E-state index contributed by atoms with van der Waals surface area (Å²) >= 11 is 0. The number of nitrogens with zero attached hydrogens (tertiary/aromatic N) is 5. The number of ether oxygens (including phenoxy) is 1. The van der Waals surface area contributed by atoms with E-state index >= 15 is 0 Å². The first-order valence-corrected chi connectivity index (χ1v) is 16.3. The van der Waals surface area contributed by atoms with E-state index in [-0.39, 0.29) is 6.03 Å². The summed E-state index contributed by atoms with van der Waals surface area (Å²) in [4.78, 5) is 34.9. The van der Waals surface area contributed by atoms with Crippen molar-refractivity contribution >= 4 is 22.7 Å². The SMILES string of the molecule is CCCCCCC(=O)N1CCC(Cn2cncc2CN(CCCOC)C(=O)n2ccc(-c3cccc4ccccc34)c2)CC1. The van der Waals surface area contributed by atoms with Gasteiger partial charge in [0.05, 0.1) is 18.6 Å². The lowest BCUT2D eigenvalue weighted by Gasteiger charge is -2.32. The molecular weight excluding hydrogens is 550 g/mol. The number of methoxy groups -OCH3 is 1. The van der Waals surface area contributed by atoms with Crippen LogP contribution in [0, 0.1) is 5.92 Å². The van der Waals surface area contributed by atoms with Gasteiger partial charge in [-0.1, -0.05) is 68.7 Å². The van der Waals surface area contributed by atoms with Gasteiger partial charge >= 0.3 is 6.03 Å². The number of benzene rings is 2. The fraction of sp³-hybridized carbons (Fsp3) is 0.472. The third-order valence-electron chi connectivity index (χ3n) is 8.88. The van der Waals surface area contributed by atoms with Gasteiger partial charge in [-0.3, -0.25) is 9.36 Å². The number of unbranched alkanes of at least 4 members (excludes halogenated alkanes) is 3. The number of piperidine rings is 1.